The minimum atomic E-state index is -0.0706. The average molecular weight is 274 g/mol. The van der Waals surface area contributed by atoms with Gasteiger partial charge in [0.2, 0.25) is 0 Å². The van der Waals surface area contributed by atoms with Crippen LogP contribution in [0.15, 0.2) is 18.5 Å². The maximum Gasteiger partial charge on any atom is 0.160 e. The van der Waals surface area contributed by atoms with Gasteiger partial charge in [-0.25, -0.2) is 15.8 Å². The van der Waals surface area contributed by atoms with E-state index in [0.29, 0.717) is 17.6 Å². The van der Waals surface area contributed by atoms with Gasteiger partial charge in [-0.2, -0.15) is 5.10 Å². The number of nitrogens with zero attached hydrogens (tertiary/aromatic N) is 4. The second-order valence-corrected chi connectivity index (χ2v) is 5.04. The third-order valence-corrected chi connectivity index (χ3v) is 3.45. The topological polar surface area (TPSA) is 90.9 Å². The van der Waals surface area contributed by atoms with Crippen LogP contribution in [0.4, 0.5) is 5.82 Å². The molecular weight excluding hydrogens is 256 g/mol. The zero-order chi connectivity index (χ0) is 14.1. The molecule has 0 spiro atoms. The van der Waals surface area contributed by atoms with Gasteiger partial charge >= 0.3 is 0 Å². The molecule has 1 aliphatic rings. The van der Waals surface area contributed by atoms with Crippen LogP contribution in [0.1, 0.15) is 24.8 Å². The van der Waals surface area contributed by atoms with E-state index in [1.165, 1.54) is 0 Å². The Labute approximate surface area is 117 Å². The average Bonchev–Trinajstić information content (AvgIpc) is 3.20. The van der Waals surface area contributed by atoms with Gasteiger partial charge in [-0.3, -0.25) is 4.68 Å². The normalized spacial score (nSPS) is 16.1. The number of hydrazine groups is 1. The van der Waals surface area contributed by atoms with E-state index in [1.807, 2.05) is 13.2 Å². The Balaban J connectivity index is 2.02. The van der Waals surface area contributed by atoms with Crippen LogP contribution in [-0.4, -0.2) is 26.9 Å². The van der Waals surface area contributed by atoms with E-state index < -0.39 is 0 Å². The number of aryl methyl sites for hydroxylation is 1. The van der Waals surface area contributed by atoms with Gasteiger partial charge in [0.25, 0.3) is 0 Å². The second kappa shape index (κ2) is 5.18. The highest BCUT2D eigenvalue weighted by atomic mass is 16.5. The highest BCUT2D eigenvalue weighted by Crippen LogP contribution is 2.42. The number of anilines is 1. The first kappa shape index (κ1) is 13.0. The number of hydrogen-bond acceptors (Lipinski definition) is 6. The number of rotatable bonds is 5. The lowest BCUT2D eigenvalue weighted by molar-refractivity contribution is 0.0774. The van der Waals surface area contributed by atoms with Crippen molar-refractivity contribution in [3.63, 3.8) is 0 Å². The molecule has 1 atom stereocenters. The van der Waals surface area contributed by atoms with Crippen LogP contribution >= 0.6 is 0 Å². The highest BCUT2D eigenvalue weighted by molar-refractivity contribution is 5.60. The van der Waals surface area contributed by atoms with Crippen LogP contribution in [-0.2, 0) is 11.8 Å². The lowest BCUT2D eigenvalue weighted by Gasteiger charge is -2.14. The van der Waals surface area contributed by atoms with Crippen molar-refractivity contribution >= 4 is 5.82 Å². The summed E-state index contributed by atoms with van der Waals surface area (Å²) in [4.78, 5) is 9.03. The van der Waals surface area contributed by atoms with Crippen LogP contribution in [0, 0.1) is 5.92 Å². The van der Waals surface area contributed by atoms with Crippen molar-refractivity contribution in [2.75, 3.05) is 12.5 Å². The number of nitrogens with one attached hydrogen (secondary N) is 1. The highest BCUT2D eigenvalue weighted by Gasteiger charge is 2.34. The smallest absolute Gasteiger partial charge is 0.160 e. The summed E-state index contributed by atoms with van der Waals surface area (Å²) in [5.74, 6) is 7.26. The molecule has 7 heteroatoms. The maximum absolute atomic E-state index is 5.54. The molecule has 0 radical (unpaired) electrons. The zero-order valence-corrected chi connectivity index (χ0v) is 11.6. The minimum Gasteiger partial charge on any atom is -0.373 e. The molecular formula is C13H18N6O. The maximum atomic E-state index is 5.54. The van der Waals surface area contributed by atoms with E-state index in [0.717, 1.165) is 24.1 Å². The molecule has 0 amide bonds. The molecule has 1 saturated carbocycles. The summed E-state index contributed by atoms with van der Waals surface area (Å²) in [6.07, 6.45) is 5.92. The molecule has 20 heavy (non-hydrogen) atoms. The van der Waals surface area contributed by atoms with Gasteiger partial charge in [-0.05, 0) is 18.8 Å². The molecule has 3 rings (SSSR count). The first-order chi connectivity index (χ1) is 9.71. The first-order valence-electron chi connectivity index (χ1n) is 6.58. The van der Waals surface area contributed by atoms with Gasteiger partial charge in [0.15, 0.2) is 5.82 Å². The molecule has 2 aromatic heterocycles. The van der Waals surface area contributed by atoms with Crippen LogP contribution in [0.25, 0.3) is 11.3 Å². The van der Waals surface area contributed by atoms with Crippen molar-refractivity contribution in [1.29, 1.82) is 0 Å². The first-order valence-corrected chi connectivity index (χ1v) is 6.58. The molecule has 7 nitrogen and oxygen atoms in total. The molecule has 0 bridgehead atoms. The third-order valence-electron chi connectivity index (χ3n) is 3.45. The van der Waals surface area contributed by atoms with Crippen molar-refractivity contribution in [1.82, 2.24) is 19.7 Å². The Morgan fingerprint density at radius 2 is 2.25 bits per heavy atom. The summed E-state index contributed by atoms with van der Waals surface area (Å²) < 4.78 is 7.28. The summed E-state index contributed by atoms with van der Waals surface area (Å²) in [5, 5.41) is 4.16. The quantitative estimate of drug-likeness (QED) is 0.630. The van der Waals surface area contributed by atoms with Crippen LogP contribution in [0.5, 0.6) is 0 Å². The van der Waals surface area contributed by atoms with Gasteiger partial charge in [-0.15, -0.1) is 0 Å². The number of nitrogens with two attached hydrogens (primary N) is 1. The van der Waals surface area contributed by atoms with Gasteiger partial charge in [0, 0.05) is 32.0 Å². The number of hydrogen-bond donors (Lipinski definition) is 2. The Morgan fingerprint density at radius 3 is 2.80 bits per heavy atom. The van der Waals surface area contributed by atoms with Gasteiger partial charge in [0.05, 0.1) is 11.9 Å². The summed E-state index contributed by atoms with van der Waals surface area (Å²) >= 11 is 0. The van der Waals surface area contributed by atoms with Crippen molar-refractivity contribution < 1.29 is 4.74 Å². The van der Waals surface area contributed by atoms with Crippen molar-refractivity contribution in [2.24, 2.45) is 18.8 Å². The number of nitrogen functional groups attached to an aromatic ring is 1. The van der Waals surface area contributed by atoms with Crippen molar-refractivity contribution in [3.8, 4) is 11.3 Å². The Hall–Kier alpha value is -1.99. The van der Waals surface area contributed by atoms with E-state index in [-0.39, 0.29) is 6.10 Å². The third kappa shape index (κ3) is 2.50. The van der Waals surface area contributed by atoms with E-state index in [4.69, 9.17) is 10.6 Å². The van der Waals surface area contributed by atoms with E-state index in [2.05, 4.69) is 20.5 Å². The van der Waals surface area contributed by atoms with Gasteiger partial charge < -0.3 is 10.2 Å². The Morgan fingerprint density at radius 1 is 1.45 bits per heavy atom. The van der Waals surface area contributed by atoms with Crippen LogP contribution < -0.4 is 11.3 Å². The lowest BCUT2D eigenvalue weighted by atomic mass is 10.2. The molecule has 1 unspecified atom stereocenters. The fraction of sp³-hybridized carbons (Fsp3) is 0.462. The summed E-state index contributed by atoms with van der Waals surface area (Å²) in [6, 6.07) is 1.81. The van der Waals surface area contributed by atoms with Gasteiger partial charge in [0.1, 0.15) is 11.9 Å². The van der Waals surface area contributed by atoms with Crippen LogP contribution in [0.2, 0.25) is 0 Å². The lowest BCUT2D eigenvalue weighted by Crippen LogP contribution is -2.14. The SMILES string of the molecule is COC(c1nc(NN)cc(-c2cnn(C)c2)n1)C1CC1. The van der Waals surface area contributed by atoms with Crippen LogP contribution in [0.3, 0.4) is 0 Å². The second-order valence-electron chi connectivity index (χ2n) is 5.04. The Kier molecular flexibility index (Phi) is 3.37. The summed E-state index contributed by atoms with van der Waals surface area (Å²) in [5.41, 5.74) is 4.31. The van der Waals surface area contributed by atoms with E-state index in [9.17, 15) is 0 Å². The molecule has 3 N–H and O–H groups in total. The molecule has 2 aromatic rings. The Bertz CT molecular complexity index is 607. The van der Waals surface area contributed by atoms with Crippen molar-refractivity contribution in [3.05, 3.63) is 24.3 Å². The standard InChI is InChI=1S/C13H18N6O/c1-19-7-9(6-15-19)10-5-11(18-14)17-13(16-10)12(20-2)8-3-4-8/h5-8,12H,3-4,14H2,1-2H3,(H,16,17,18). The number of methoxy groups -OCH3 is 1. The molecule has 1 aliphatic carbocycles. The minimum absolute atomic E-state index is 0.0706. The molecule has 106 valence electrons. The monoisotopic (exact) mass is 274 g/mol. The molecule has 0 aliphatic heterocycles. The van der Waals surface area contributed by atoms with Gasteiger partial charge in [-0.1, -0.05) is 0 Å². The largest absolute Gasteiger partial charge is 0.373 e. The number of aromatic nitrogens is 4. The summed E-state index contributed by atoms with van der Waals surface area (Å²) in [6.45, 7) is 0. The molecule has 0 saturated heterocycles. The molecule has 0 aromatic carbocycles. The van der Waals surface area contributed by atoms with E-state index in [1.54, 1.807) is 24.1 Å². The fourth-order valence-corrected chi connectivity index (χ4v) is 2.28. The number of ether oxygens (including phenoxy) is 1. The van der Waals surface area contributed by atoms with E-state index >= 15 is 0 Å². The molecule has 1 fully saturated rings. The predicted octanol–water partition coefficient (Wildman–Crippen LogP) is 1.26. The predicted molar refractivity (Wildman–Crippen MR) is 74.5 cm³/mol. The molecule has 2 heterocycles. The fourth-order valence-electron chi connectivity index (χ4n) is 2.28. The summed E-state index contributed by atoms with van der Waals surface area (Å²) in [7, 11) is 3.56. The zero-order valence-electron chi connectivity index (χ0n) is 11.6. The van der Waals surface area contributed by atoms with Crippen molar-refractivity contribution in [2.45, 2.75) is 18.9 Å².